The van der Waals surface area contributed by atoms with Crippen LogP contribution in [-0.2, 0) is 0 Å². The van der Waals surface area contributed by atoms with Crippen LogP contribution in [0.4, 0.5) is 0 Å². The van der Waals surface area contributed by atoms with Crippen molar-refractivity contribution in [2.24, 2.45) is 0 Å². The van der Waals surface area contributed by atoms with Gasteiger partial charge in [0.05, 0.1) is 5.60 Å². The smallest absolute Gasteiger partial charge is 0.0783 e. The number of hydrogen-bond donors (Lipinski definition) is 1. The number of terminal acetylenes is 1. The van der Waals surface area contributed by atoms with E-state index in [2.05, 4.69) is 10.8 Å². The van der Waals surface area contributed by atoms with E-state index < -0.39 is 5.60 Å². The highest BCUT2D eigenvalue weighted by Crippen LogP contribution is 2.34. The summed E-state index contributed by atoms with van der Waals surface area (Å²) in [4.78, 5) is 2.49. The van der Waals surface area contributed by atoms with Gasteiger partial charge in [-0.05, 0) is 32.2 Å². The molecular formula is C11H17NO. The lowest BCUT2D eigenvalue weighted by Gasteiger charge is -2.39. The van der Waals surface area contributed by atoms with E-state index in [1.165, 1.54) is 19.4 Å². The third-order valence-corrected chi connectivity index (χ3v) is 3.41. The quantitative estimate of drug-likeness (QED) is 0.607. The fourth-order valence-electron chi connectivity index (χ4n) is 2.66. The molecule has 0 bridgehead atoms. The largest absolute Gasteiger partial charge is 0.389 e. The molecule has 1 N–H and O–H groups in total. The van der Waals surface area contributed by atoms with Gasteiger partial charge < -0.3 is 10.0 Å². The summed E-state index contributed by atoms with van der Waals surface area (Å²) < 4.78 is 0. The minimum atomic E-state index is -0.555. The summed E-state index contributed by atoms with van der Waals surface area (Å²) in [5, 5.41) is 10.1. The van der Waals surface area contributed by atoms with Gasteiger partial charge in [-0.1, -0.05) is 0 Å². The lowest BCUT2D eigenvalue weighted by molar-refractivity contribution is -0.0318. The summed E-state index contributed by atoms with van der Waals surface area (Å²) in [6.07, 6.45) is 10.1. The molecule has 2 rings (SSSR count). The highest BCUT2D eigenvalue weighted by molar-refractivity contribution is 5.01. The predicted octanol–water partition coefficient (Wildman–Crippen LogP) is 0.999. The maximum absolute atomic E-state index is 10.1. The zero-order chi connectivity index (χ0) is 9.31. The number of piperidine rings is 1. The van der Waals surface area contributed by atoms with E-state index in [-0.39, 0.29) is 0 Å². The Morgan fingerprint density at radius 2 is 2.38 bits per heavy atom. The standard InChI is InChI=1S/C11H17NO/c1-2-5-11(13)6-8-12-7-3-4-10(12)9-11/h1,10,13H,3-9H2. The maximum atomic E-state index is 10.1. The third-order valence-electron chi connectivity index (χ3n) is 3.41. The van der Waals surface area contributed by atoms with Crippen LogP contribution in [0.1, 0.15) is 32.1 Å². The van der Waals surface area contributed by atoms with Crippen LogP contribution < -0.4 is 0 Å². The van der Waals surface area contributed by atoms with Crippen LogP contribution in [0, 0.1) is 12.3 Å². The van der Waals surface area contributed by atoms with Gasteiger partial charge in [-0.2, -0.15) is 0 Å². The summed E-state index contributed by atoms with van der Waals surface area (Å²) in [7, 11) is 0. The monoisotopic (exact) mass is 179 g/mol. The van der Waals surface area contributed by atoms with E-state index in [1.54, 1.807) is 0 Å². The summed E-state index contributed by atoms with van der Waals surface area (Å²) in [5.41, 5.74) is -0.555. The van der Waals surface area contributed by atoms with Crippen LogP contribution in [0.5, 0.6) is 0 Å². The van der Waals surface area contributed by atoms with Crippen LogP contribution in [0.2, 0.25) is 0 Å². The van der Waals surface area contributed by atoms with E-state index in [9.17, 15) is 5.11 Å². The van der Waals surface area contributed by atoms with Gasteiger partial charge in [-0.3, -0.25) is 0 Å². The van der Waals surface area contributed by atoms with Crippen molar-refractivity contribution in [3.63, 3.8) is 0 Å². The van der Waals surface area contributed by atoms with E-state index in [4.69, 9.17) is 6.42 Å². The Hall–Kier alpha value is -0.520. The molecule has 13 heavy (non-hydrogen) atoms. The normalized spacial score (nSPS) is 39.8. The molecule has 2 saturated heterocycles. The molecule has 0 aromatic heterocycles. The first-order valence-electron chi connectivity index (χ1n) is 5.13. The Labute approximate surface area is 79.9 Å². The highest BCUT2D eigenvalue weighted by Gasteiger charge is 2.39. The van der Waals surface area contributed by atoms with Gasteiger partial charge in [0, 0.05) is 19.0 Å². The minimum Gasteiger partial charge on any atom is -0.389 e. The van der Waals surface area contributed by atoms with Crippen LogP contribution in [-0.4, -0.2) is 34.7 Å². The zero-order valence-electron chi connectivity index (χ0n) is 8.00. The van der Waals surface area contributed by atoms with Crippen LogP contribution in [0.3, 0.4) is 0 Å². The van der Waals surface area contributed by atoms with Crippen molar-refractivity contribution in [3.8, 4) is 12.3 Å². The van der Waals surface area contributed by atoms with Crippen LogP contribution >= 0.6 is 0 Å². The van der Waals surface area contributed by atoms with E-state index in [0.717, 1.165) is 19.4 Å². The Morgan fingerprint density at radius 3 is 3.15 bits per heavy atom. The maximum Gasteiger partial charge on any atom is 0.0783 e. The molecule has 72 valence electrons. The van der Waals surface area contributed by atoms with Crippen LogP contribution in [0.25, 0.3) is 0 Å². The lowest BCUT2D eigenvalue weighted by Crippen LogP contribution is -2.47. The molecular weight excluding hydrogens is 162 g/mol. The van der Waals surface area contributed by atoms with Gasteiger partial charge in [0.2, 0.25) is 0 Å². The number of hydrogen-bond acceptors (Lipinski definition) is 2. The van der Waals surface area contributed by atoms with E-state index in [1.807, 2.05) is 0 Å². The van der Waals surface area contributed by atoms with Gasteiger partial charge >= 0.3 is 0 Å². The summed E-state index contributed by atoms with van der Waals surface area (Å²) in [6.45, 7) is 2.25. The summed E-state index contributed by atoms with van der Waals surface area (Å²) in [5.74, 6) is 2.59. The summed E-state index contributed by atoms with van der Waals surface area (Å²) in [6, 6.07) is 0.604. The minimum absolute atomic E-state index is 0.525. The van der Waals surface area contributed by atoms with Crippen molar-refractivity contribution >= 4 is 0 Å². The van der Waals surface area contributed by atoms with Crippen molar-refractivity contribution in [2.75, 3.05) is 13.1 Å². The highest BCUT2D eigenvalue weighted by atomic mass is 16.3. The second-order valence-corrected chi connectivity index (χ2v) is 4.39. The molecule has 2 fully saturated rings. The molecule has 2 aliphatic rings. The fourth-order valence-corrected chi connectivity index (χ4v) is 2.66. The second-order valence-electron chi connectivity index (χ2n) is 4.39. The Morgan fingerprint density at radius 1 is 1.54 bits per heavy atom. The molecule has 2 atom stereocenters. The second kappa shape index (κ2) is 3.32. The van der Waals surface area contributed by atoms with E-state index in [0.29, 0.717) is 12.5 Å². The average Bonchev–Trinajstić information content (AvgIpc) is 2.50. The molecule has 2 aliphatic heterocycles. The van der Waals surface area contributed by atoms with Crippen molar-refractivity contribution in [1.82, 2.24) is 4.90 Å². The molecule has 0 amide bonds. The molecule has 0 aliphatic carbocycles. The number of rotatable bonds is 1. The third kappa shape index (κ3) is 1.72. The lowest BCUT2D eigenvalue weighted by atomic mass is 9.84. The summed E-state index contributed by atoms with van der Waals surface area (Å²) >= 11 is 0. The number of aliphatic hydroxyl groups is 1. The first-order valence-corrected chi connectivity index (χ1v) is 5.13. The number of nitrogens with zero attached hydrogens (tertiary/aromatic N) is 1. The molecule has 0 aromatic carbocycles. The molecule has 2 nitrogen and oxygen atoms in total. The van der Waals surface area contributed by atoms with Gasteiger partial charge in [0.25, 0.3) is 0 Å². The fraction of sp³-hybridized carbons (Fsp3) is 0.818. The Balaban J connectivity index is 2.00. The first kappa shape index (κ1) is 9.05. The SMILES string of the molecule is C#CCC1(O)CCN2CCCC2C1. The Kier molecular flexibility index (Phi) is 2.31. The molecule has 0 spiro atoms. The van der Waals surface area contributed by atoms with Crippen molar-refractivity contribution < 1.29 is 5.11 Å². The first-order chi connectivity index (χ1) is 6.23. The topological polar surface area (TPSA) is 23.5 Å². The van der Waals surface area contributed by atoms with Gasteiger partial charge in [-0.25, -0.2) is 0 Å². The van der Waals surface area contributed by atoms with Gasteiger partial charge in [0.1, 0.15) is 0 Å². The van der Waals surface area contributed by atoms with Crippen molar-refractivity contribution in [3.05, 3.63) is 0 Å². The Bertz CT molecular complexity index is 233. The number of fused-ring (bicyclic) bond motifs is 1. The van der Waals surface area contributed by atoms with Gasteiger partial charge in [0.15, 0.2) is 0 Å². The molecule has 0 aromatic rings. The van der Waals surface area contributed by atoms with Crippen molar-refractivity contribution in [1.29, 1.82) is 0 Å². The van der Waals surface area contributed by atoms with Crippen molar-refractivity contribution in [2.45, 2.75) is 43.7 Å². The van der Waals surface area contributed by atoms with E-state index >= 15 is 0 Å². The molecule has 0 saturated carbocycles. The average molecular weight is 179 g/mol. The molecule has 0 radical (unpaired) electrons. The predicted molar refractivity (Wildman–Crippen MR) is 52.2 cm³/mol. The van der Waals surface area contributed by atoms with Crippen LogP contribution in [0.15, 0.2) is 0 Å². The molecule has 2 heteroatoms. The molecule has 2 unspecified atom stereocenters. The van der Waals surface area contributed by atoms with Gasteiger partial charge in [-0.15, -0.1) is 12.3 Å². The molecule has 2 heterocycles. The zero-order valence-corrected chi connectivity index (χ0v) is 8.00.